The Kier molecular flexibility index (Phi) is 23.4. The molecule has 0 aromatic heterocycles. The Labute approximate surface area is 186 Å². The second-order valence-corrected chi connectivity index (χ2v) is 3.26. The van der Waals surface area contributed by atoms with E-state index in [9.17, 15) is 39.6 Å². The molecule has 0 unspecified atom stereocenters. The van der Waals surface area contributed by atoms with Crippen LogP contribution in [0, 0.1) is 0 Å². The first kappa shape index (κ1) is 29.8. The Morgan fingerprint density at radius 2 is 0.909 bits per heavy atom. The summed E-state index contributed by atoms with van der Waals surface area (Å²) in [6.45, 7) is 3.04. The van der Waals surface area contributed by atoms with Crippen LogP contribution in [0.3, 0.4) is 0 Å². The fourth-order valence-corrected chi connectivity index (χ4v) is 0.895. The monoisotopic (exact) mass is 364 g/mol. The first-order chi connectivity index (χ1) is 9.15. The quantitative estimate of drug-likeness (QED) is 0.334. The van der Waals surface area contributed by atoms with E-state index in [4.69, 9.17) is 0 Å². The van der Waals surface area contributed by atoms with Gasteiger partial charge in [-0.05, 0) is 36.1 Å². The van der Waals surface area contributed by atoms with Crippen LogP contribution in [0.25, 0.3) is 0 Å². The van der Waals surface area contributed by atoms with Crippen molar-refractivity contribution in [1.29, 1.82) is 0 Å². The Bertz CT molecular complexity index is 412. The molecule has 0 aromatic carbocycles. The smallest absolute Gasteiger partial charge is 0.545 e. The third kappa shape index (κ3) is 17.9. The van der Waals surface area contributed by atoms with Crippen molar-refractivity contribution in [2.45, 2.75) is 26.7 Å². The maximum absolute atomic E-state index is 10.00. The van der Waals surface area contributed by atoms with Gasteiger partial charge in [0, 0.05) is 0 Å². The zero-order valence-electron chi connectivity index (χ0n) is 12.2. The number of carboxylic acid groups (broad SMARTS) is 4. The second-order valence-electron chi connectivity index (χ2n) is 3.26. The molecule has 0 amide bonds. The van der Waals surface area contributed by atoms with Crippen molar-refractivity contribution in [2.24, 2.45) is 0 Å². The minimum absolute atomic E-state index is 0. The third-order valence-corrected chi connectivity index (χ3v) is 1.87. The van der Waals surface area contributed by atoms with Crippen molar-refractivity contribution >= 4 is 99.4 Å². The standard InChI is InChI=1S/2C6H8O4.2Ca/c2*1-2-4(6(9)10)3-5(7)8;;/h2*3H,2H2,1H3,(H,7,8)(H,9,10);;/q;;2*+2/p-4/b2*4-3-;;. The molecule has 0 spiro atoms. The third-order valence-electron chi connectivity index (χ3n) is 1.87. The normalized spacial score (nSPS) is 10.1. The van der Waals surface area contributed by atoms with E-state index in [1.54, 1.807) is 0 Å². The first-order valence-electron chi connectivity index (χ1n) is 5.41. The Morgan fingerprint density at radius 3 is 0.955 bits per heavy atom. The van der Waals surface area contributed by atoms with Crippen molar-refractivity contribution in [2.75, 3.05) is 0 Å². The summed E-state index contributed by atoms with van der Waals surface area (Å²) in [4.78, 5) is 39.6. The van der Waals surface area contributed by atoms with E-state index in [2.05, 4.69) is 0 Å². The summed E-state index contributed by atoms with van der Waals surface area (Å²) in [7, 11) is 0. The average molecular weight is 364 g/mol. The molecule has 0 atom stereocenters. The van der Waals surface area contributed by atoms with Gasteiger partial charge in [0.2, 0.25) is 0 Å². The molecule has 0 bridgehead atoms. The fraction of sp³-hybridized carbons (Fsp3) is 0.333. The minimum atomic E-state index is -1.51. The average Bonchev–Trinajstić information content (AvgIpc) is 2.32. The fourth-order valence-electron chi connectivity index (χ4n) is 0.895. The molecule has 0 N–H and O–H groups in total. The summed E-state index contributed by atoms with van der Waals surface area (Å²) in [5.41, 5.74) is -0.528. The Hall–Kier alpha value is -0.121. The summed E-state index contributed by atoms with van der Waals surface area (Å²) < 4.78 is 0. The van der Waals surface area contributed by atoms with E-state index in [1.165, 1.54) is 13.8 Å². The minimum Gasteiger partial charge on any atom is -0.545 e. The molecule has 0 rings (SSSR count). The Balaban J connectivity index is -0.000000135. The molecule has 0 radical (unpaired) electrons. The topological polar surface area (TPSA) is 161 Å². The van der Waals surface area contributed by atoms with E-state index in [0.29, 0.717) is 12.2 Å². The van der Waals surface area contributed by atoms with Crippen LogP contribution < -0.4 is 20.4 Å². The number of carbonyl (C=O) groups excluding carboxylic acids is 4. The zero-order valence-corrected chi connectivity index (χ0v) is 16.7. The van der Waals surface area contributed by atoms with Crippen LogP contribution >= 0.6 is 0 Å². The molecule has 0 aromatic rings. The van der Waals surface area contributed by atoms with E-state index >= 15 is 0 Å². The number of hydrogen-bond acceptors (Lipinski definition) is 8. The van der Waals surface area contributed by atoms with Crippen molar-refractivity contribution in [3.8, 4) is 0 Å². The largest absolute Gasteiger partial charge is 2.00 e. The molecule has 112 valence electrons. The van der Waals surface area contributed by atoms with Gasteiger partial charge in [0.15, 0.2) is 0 Å². The van der Waals surface area contributed by atoms with Crippen molar-refractivity contribution < 1.29 is 39.6 Å². The zero-order chi connectivity index (χ0) is 16.3. The van der Waals surface area contributed by atoms with E-state index < -0.39 is 23.9 Å². The van der Waals surface area contributed by atoms with Gasteiger partial charge in [-0.3, -0.25) is 0 Å². The summed E-state index contributed by atoms with van der Waals surface area (Å²) in [6, 6.07) is 0. The molecule has 0 aliphatic carbocycles. The molecule has 0 heterocycles. The van der Waals surface area contributed by atoms with Gasteiger partial charge in [0.05, 0.1) is 23.9 Å². The molecule has 0 saturated carbocycles. The SMILES string of the molecule is CC/C(=C/C(=O)[O-])C(=O)[O-].CC/C(=C/C(=O)[O-])C(=O)[O-].[Ca+2].[Ca+2]. The van der Waals surface area contributed by atoms with E-state index in [-0.39, 0.29) is 99.5 Å². The van der Waals surface area contributed by atoms with Gasteiger partial charge in [-0.2, -0.15) is 0 Å². The second kappa shape index (κ2) is 17.2. The van der Waals surface area contributed by atoms with Crippen molar-refractivity contribution in [3.05, 3.63) is 23.3 Å². The van der Waals surface area contributed by atoms with Gasteiger partial charge in [-0.15, -0.1) is 0 Å². The molecule has 0 saturated heterocycles. The molecule has 0 aliphatic heterocycles. The van der Waals surface area contributed by atoms with Gasteiger partial charge in [0.1, 0.15) is 0 Å². The summed E-state index contributed by atoms with van der Waals surface area (Å²) in [6.07, 6.45) is 1.29. The maximum Gasteiger partial charge on any atom is 2.00 e. The number of carboxylic acids is 4. The summed E-state index contributed by atoms with van der Waals surface area (Å²) in [5, 5.41) is 39.6. The van der Waals surface area contributed by atoms with Crippen LogP contribution in [-0.4, -0.2) is 99.4 Å². The van der Waals surface area contributed by atoms with Crippen LogP contribution in [0.4, 0.5) is 0 Å². The predicted octanol–water partition coefficient (Wildman–Crippen LogP) is -5.12. The van der Waals surface area contributed by atoms with Crippen LogP contribution in [0.1, 0.15) is 26.7 Å². The number of aliphatic carboxylic acids is 4. The van der Waals surface area contributed by atoms with E-state index in [0.717, 1.165) is 0 Å². The van der Waals surface area contributed by atoms with Crippen molar-refractivity contribution in [3.63, 3.8) is 0 Å². The molecular weight excluding hydrogens is 352 g/mol. The summed E-state index contributed by atoms with van der Waals surface area (Å²) >= 11 is 0. The number of rotatable bonds is 6. The van der Waals surface area contributed by atoms with Gasteiger partial charge in [0.25, 0.3) is 0 Å². The van der Waals surface area contributed by atoms with Gasteiger partial charge >= 0.3 is 75.5 Å². The first-order valence-corrected chi connectivity index (χ1v) is 5.41. The molecule has 22 heavy (non-hydrogen) atoms. The summed E-state index contributed by atoms with van der Waals surface area (Å²) in [5.74, 6) is -5.96. The molecular formula is C12H12Ca2O8. The molecule has 0 fully saturated rings. The Morgan fingerprint density at radius 1 is 0.682 bits per heavy atom. The molecule has 8 nitrogen and oxygen atoms in total. The van der Waals surface area contributed by atoms with Crippen molar-refractivity contribution in [1.82, 2.24) is 0 Å². The van der Waals surface area contributed by atoms with Gasteiger partial charge in [-0.25, -0.2) is 0 Å². The van der Waals surface area contributed by atoms with Gasteiger partial charge < -0.3 is 39.6 Å². The molecule has 10 heteroatoms. The van der Waals surface area contributed by atoms with E-state index in [1.807, 2.05) is 0 Å². The van der Waals surface area contributed by atoms with Crippen LogP contribution in [0.15, 0.2) is 23.3 Å². The van der Waals surface area contributed by atoms with Crippen LogP contribution in [0.5, 0.6) is 0 Å². The maximum atomic E-state index is 10.00. The van der Waals surface area contributed by atoms with Gasteiger partial charge in [-0.1, -0.05) is 13.8 Å². The number of carbonyl (C=O) groups is 4. The number of hydrogen-bond donors (Lipinski definition) is 0. The molecule has 0 aliphatic rings. The van der Waals surface area contributed by atoms with Crippen LogP contribution in [0.2, 0.25) is 0 Å². The predicted molar refractivity (Wildman–Crippen MR) is 68.3 cm³/mol. The van der Waals surface area contributed by atoms with Crippen LogP contribution in [-0.2, 0) is 19.2 Å².